The normalized spacial score (nSPS) is 22.6. The zero-order valence-electron chi connectivity index (χ0n) is 12.9. The Morgan fingerprint density at radius 2 is 1.95 bits per heavy atom. The molecule has 3 amide bonds. The lowest BCUT2D eigenvalue weighted by Gasteiger charge is -2.24. The number of likely N-dealkylation sites (tertiary alicyclic amines) is 1. The van der Waals surface area contributed by atoms with Crippen molar-refractivity contribution in [3.8, 4) is 0 Å². The van der Waals surface area contributed by atoms with Gasteiger partial charge in [0.15, 0.2) is 0 Å². The van der Waals surface area contributed by atoms with Gasteiger partial charge in [0, 0.05) is 20.2 Å². The van der Waals surface area contributed by atoms with Crippen LogP contribution < -0.4 is 10.6 Å². The predicted octanol–water partition coefficient (Wildman–Crippen LogP) is 0.940. The maximum Gasteiger partial charge on any atom is 0.410 e. The zero-order chi connectivity index (χ0) is 15.3. The van der Waals surface area contributed by atoms with Crippen LogP contribution in [0.2, 0.25) is 0 Å². The van der Waals surface area contributed by atoms with Crippen LogP contribution in [0.25, 0.3) is 0 Å². The maximum absolute atomic E-state index is 12.0. The molecule has 0 aliphatic carbocycles. The van der Waals surface area contributed by atoms with E-state index in [0.717, 1.165) is 0 Å². The molecule has 0 spiro atoms. The first-order chi connectivity index (χ1) is 9.26. The monoisotopic (exact) mass is 287 g/mol. The molecular weight excluding hydrogens is 262 g/mol. The first-order valence-electron chi connectivity index (χ1n) is 6.82. The van der Waals surface area contributed by atoms with Crippen LogP contribution in [0, 0.1) is 0 Å². The smallest absolute Gasteiger partial charge is 0.410 e. The fourth-order valence-electron chi connectivity index (χ4n) is 2.01. The van der Waals surface area contributed by atoms with E-state index in [1.165, 1.54) is 0 Å². The van der Waals surface area contributed by atoms with E-state index in [4.69, 9.17) is 9.47 Å². The van der Waals surface area contributed by atoms with Crippen LogP contribution >= 0.6 is 0 Å². The molecule has 7 heteroatoms. The summed E-state index contributed by atoms with van der Waals surface area (Å²) in [6.45, 7) is 8.63. The van der Waals surface area contributed by atoms with E-state index in [0.29, 0.717) is 19.6 Å². The minimum absolute atomic E-state index is 0.231. The van der Waals surface area contributed by atoms with Crippen LogP contribution in [-0.4, -0.2) is 61.5 Å². The van der Waals surface area contributed by atoms with E-state index < -0.39 is 5.60 Å². The molecule has 0 saturated carbocycles. The highest BCUT2D eigenvalue weighted by Crippen LogP contribution is 2.17. The van der Waals surface area contributed by atoms with Crippen molar-refractivity contribution in [2.75, 3.05) is 26.7 Å². The first kappa shape index (κ1) is 16.6. The van der Waals surface area contributed by atoms with Gasteiger partial charge in [-0.1, -0.05) is 0 Å². The maximum atomic E-state index is 12.0. The van der Waals surface area contributed by atoms with Gasteiger partial charge in [0.1, 0.15) is 5.60 Å². The van der Waals surface area contributed by atoms with E-state index in [1.54, 1.807) is 12.0 Å². The molecule has 7 nitrogen and oxygen atoms in total. The number of ether oxygens (including phenoxy) is 2. The van der Waals surface area contributed by atoms with Crippen molar-refractivity contribution in [3.05, 3.63) is 0 Å². The molecule has 1 fully saturated rings. The van der Waals surface area contributed by atoms with Crippen LogP contribution in [0.5, 0.6) is 0 Å². The van der Waals surface area contributed by atoms with Gasteiger partial charge >= 0.3 is 12.1 Å². The Morgan fingerprint density at radius 3 is 2.45 bits per heavy atom. The molecule has 1 heterocycles. The molecule has 1 aliphatic rings. The van der Waals surface area contributed by atoms with Gasteiger partial charge in [-0.05, 0) is 27.7 Å². The second-order valence-electron chi connectivity index (χ2n) is 5.77. The largest absolute Gasteiger partial charge is 0.444 e. The molecule has 0 aromatic heterocycles. The first-order valence-corrected chi connectivity index (χ1v) is 6.82. The predicted molar refractivity (Wildman–Crippen MR) is 74.6 cm³/mol. The molecule has 20 heavy (non-hydrogen) atoms. The third-order valence-electron chi connectivity index (χ3n) is 2.87. The van der Waals surface area contributed by atoms with Crippen molar-refractivity contribution in [2.24, 2.45) is 0 Å². The number of hydrogen-bond acceptors (Lipinski definition) is 4. The lowest BCUT2D eigenvalue weighted by molar-refractivity contribution is 0.0252. The number of carbonyl (C=O) groups excluding carboxylic acids is 2. The molecule has 0 aromatic rings. The lowest BCUT2D eigenvalue weighted by Crippen LogP contribution is -2.48. The fourth-order valence-corrected chi connectivity index (χ4v) is 2.01. The highest BCUT2D eigenvalue weighted by molar-refractivity contribution is 5.74. The van der Waals surface area contributed by atoms with Crippen molar-refractivity contribution in [1.29, 1.82) is 0 Å². The fraction of sp³-hybridized carbons (Fsp3) is 0.846. The highest BCUT2D eigenvalue weighted by Gasteiger charge is 2.38. The molecule has 0 aromatic carbocycles. The van der Waals surface area contributed by atoms with Gasteiger partial charge in [0.05, 0.1) is 18.7 Å². The molecule has 2 atom stereocenters. The highest BCUT2D eigenvalue weighted by atomic mass is 16.6. The quantitative estimate of drug-likeness (QED) is 0.809. The number of hydrogen-bond donors (Lipinski definition) is 2. The van der Waals surface area contributed by atoms with E-state index in [-0.39, 0.29) is 24.3 Å². The van der Waals surface area contributed by atoms with Crippen molar-refractivity contribution >= 4 is 12.1 Å². The molecule has 0 unspecified atom stereocenters. The van der Waals surface area contributed by atoms with Crippen molar-refractivity contribution < 1.29 is 19.1 Å². The Kier molecular flexibility index (Phi) is 5.62. The number of methoxy groups -OCH3 is 1. The zero-order valence-corrected chi connectivity index (χ0v) is 12.9. The van der Waals surface area contributed by atoms with Gasteiger partial charge in [0.25, 0.3) is 0 Å². The summed E-state index contributed by atoms with van der Waals surface area (Å²) < 4.78 is 10.6. The Balaban J connectivity index is 2.58. The van der Waals surface area contributed by atoms with E-state index in [1.807, 2.05) is 27.7 Å². The standard InChI is InChI=1S/C13H25N3O4/c1-6-14-11(17)15-9-7-16(8-10(9)19-5)12(18)20-13(2,3)4/h9-10H,6-8H2,1-5H3,(H2,14,15,17)/t9-,10-/m0/s1. The van der Waals surface area contributed by atoms with E-state index >= 15 is 0 Å². The summed E-state index contributed by atoms with van der Waals surface area (Å²) in [6, 6.07) is -0.496. The summed E-state index contributed by atoms with van der Waals surface area (Å²) in [4.78, 5) is 25.1. The summed E-state index contributed by atoms with van der Waals surface area (Å²) in [6.07, 6.45) is -0.620. The summed E-state index contributed by atoms with van der Waals surface area (Å²) in [7, 11) is 1.57. The van der Waals surface area contributed by atoms with Crippen molar-refractivity contribution in [1.82, 2.24) is 15.5 Å². The van der Waals surface area contributed by atoms with Crippen LogP contribution in [0.4, 0.5) is 9.59 Å². The Morgan fingerprint density at radius 1 is 1.30 bits per heavy atom. The summed E-state index contributed by atoms with van der Waals surface area (Å²) in [5.41, 5.74) is -0.537. The molecule has 0 bridgehead atoms. The molecule has 1 rings (SSSR count). The van der Waals surface area contributed by atoms with Gasteiger partial charge in [-0.25, -0.2) is 9.59 Å². The third kappa shape index (κ3) is 4.88. The topological polar surface area (TPSA) is 79.9 Å². The number of nitrogens with one attached hydrogen (secondary N) is 2. The summed E-state index contributed by atoms with van der Waals surface area (Å²) in [5, 5.41) is 5.46. The molecule has 1 saturated heterocycles. The molecule has 1 aliphatic heterocycles. The summed E-state index contributed by atoms with van der Waals surface area (Å²) in [5.74, 6) is 0. The van der Waals surface area contributed by atoms with Gasteiger partial charge < -0.3 is 25.0 Å². The molecule has 0 radical (unpaired) electrons. The Hall–Kier alpha value is -1.50. The van der Waals surface area contributed by atoms with Crippen molar-refractivity contribution in [3.63, 3.8) is 0 Å². The third-order valence-corrected chi connectivity index (χ3v) is 2.87. The van der Waals surface area contributed by atoms with Crippen LogP contribution in [0.15, 0.2) is 0 Å². The van der Waals surface area contributed by atoms with Crippen LogP contribution in [-0.2, 0) is 9.47 Å². The Bertz CT molecular complexity index is 354. The number of rotatable bonds is 3. The minimum atomic E-state index is -0.537. The Labute approximate surface area is 120 Å². The second kappa shape index (κ2) is 6.78. The molecule has 116 valence electrons. The van der Waals surface area contributed by atoms with E-state index in [9.17, 15) is 9.59 Å². The minimum Gasteiger partial charge on any atom is -0.444 e. The molecule has 2 N–H and O–H groups in total. The number of carbonyl (C=O) groups is 2. The van der Waals surface area contributed by atoms with Gasteiger partial charge in [-0.3, -0.25) is 0 Å². The average molecular weight is 287 g/mol. The number of amides is 3. The number of nitrogens with zero attached hydrogens (tertiary/aromatic N) is 1. The van der Waals surface area contributed by atoms with Crippen LogP contribution in [0.1, 0.15) is 27.7 Å². The summed E-state index contributed by atoms with van der Waals surface area (Å²) >= 11 is 0. The second-order valence-corrected chi connectivity index (χ2v) is 5.77. The van der Waals surface area contributed by atoms with Crippen LogP contribution in [0.3, 0.4) is 0 Å². The van der Waals surface area contributed by atoms with Gasteiger partial charge in [-0.2, -0.15) is 0 Å². The van der Waals surface area contributed by atoms with E-state index in [2.05, 4.69) is 10.6 Å². The number of urea groups is 1. The van der Waals surface area contributed by atoms with Gasteiger partial charge in [0.2, 0.25) is 0 Å². The van der Waals surface area contributed by atoms with Crippen molar-refractivity contribution in [2.45, 2.75) is 45.4 Å². The SMILES string of the molecule is CCNC(=O)N[C@H]1CN(C(=O)OC(C)(C)C)C[C@@H]1OC. The average Bonchev–Trinajstić information content (AvgIpc) is 2.70. The lowest BCUT2D eigenvalue weighted by atomic mass is 10.2. The molecular formula is C13H25N3O4. The van der Waals surface area contributed by atoms with Gasteiger partial charge in [-0.15, -0.1) is 0 Å².